The monoisotopic (exact) mass is 224 g/mol. The van der Waals surface area contributed by atoms with Crippen LogP contribution < -0.4 is 5.73 Å². The lowest BCUT2D eigenvalue weighted by molar-refractivity contribution is 0.364. The van der Waals surface area contributed by atoms with Crippen LogP contribution in [0.4, 0.5) is 5.82 Å². The molecule has 4 rings (SSSR count). The molecule has 0 radical (unpaired) electrons. The number of fused-ring (bicyclic) bond motifs is 5. The van der Waals surface area contributed by atoms with Crippen molar-refractivity contribution in [3.63, 3.8) is 0 Å². The van der Waals surface area contributed by atoms with Gasteiger partial charge in [-0.2, -0.15) is 0 Å². The van der Waals surface area contributed by atoms with E-state index in [1.807, 2.05) is 0 Å². The Morgan fingerprint density at radius 1 is 1.27 bits per heavy atom. The number of rotatable bonds is 1. The molecule has 3 fully saturated rings. The Morgan fingerprint density at radius 3 is 2.47 bits per heavy atom. The van der Waals surface area contributed by atoms with Crippen molar-refractivity contribution in [3.8, 4) is 0 Å². The third kappa shape index (κ3) is 0.906. The minimum atomic E-state index is 0.351. The molecule has 0 aliphatic heterocycles. The number of nitrogens with zero attached hydrogens (tertiary/aromatic N) is 1. The van der Waals surface area contributed by atoms with E-state index in [1.54, 1.807) is 0 Å². The Bertz CT molecular complexity index is 414. The summed E-state index contributed by atoms with van der Waals surface area (Å²) >= 11 is 6.09. The smallest absolute Gasteiger partial charge is 0.186 e. The molecule has 4 heteroatoms. The average molecular weight is 225 g/mol. The van der Waals surface area contributed by atoms with Crippen LogP contribution in [-0.2, 0) is 0 Å². The van der Waals surface area contributed by atoms with Gasteiger partial charge in [0.05, 0.1) is 0 Å². The van der Waals surface area contributed by atoms with E-state index >= 15 is 0 Å². The van der Waals surface area contributed by atoms with E-state index in [0.717, 1.165) is 29.4 Å². The van der Waals surface area contributed by atoms with Crippen LogP contribution in [-0.4, -0.2) is 5.16 Å². The van der Waals surface area contributed by atoms with Gasteiger partial charge in [-0.1, -0.05) is 16.8 Å². The molecular weight excluding hydrogens is 212 g/mol. The number of hydrogen-bond donors (Lipinski definition) is 1. The fraction of sp³-hybridized carbons (Fsp3) is 0.727. The van der Waals surface area contributed by atoms with Crippen molar-refractivity contribution < 1.29 is 4.52 Å². The second-order valence-corrected chi connectivity index (χ2v) is 5.64. The Morgan fingerprint density at radius 2 is 1.93 bits per heavy atom. The van der Waals surface area contributed by atoms with Crippen molar-refractivity contribution in [1.82, 2.24) is 5.16 Å². The highest BCUT2D eigenvalue weighted by atomic mass is 35.5. The molecule has 3 nitrogen and oxygen atoms in total. The predicted octanol–water partition coefficient (Wildman–Crippen LogP) is 2.67. The molecule has 1 heterocycles. The van der Waals surface area contributed by atoms with Gasteiger partial charge in [0.25, 0.3) is 0 Å². The maximum atomic E-state index is 6.09. The quantitative estimate of drug-likeness (QED) is 0.798. The van der Waals surface area contributed by atoms with Gasteiger partial charge in [0.2, 0.25) is 0 Å². The lowest BCUT2D eigenvalue weighted by Crippen LogP contribution is -1.96. The predicted molar refractivity (Wildman–Crippen MR) is 56.5 cm³/mol. The molecule has 3 saturated carbocycles. The first-order valence-electron chi connectivity index (χ1n) is 5.68. The first kappa shape index (κ1) is 8.45. The molecule has 0 aromatic carbocycles. The molecule has 0 amide bonds. The molecule has 1 aromatic heterocycles. The van der Waals surface area contributed by atoms with Gasteiger partial charge < -0.3 is 10.3 Å². The number of hydrogen-bond acceptors (Lipinski definition) is 3. The molecule has 15 heavy (non-hydrogen) atoms. The summed E-state index contributed by atoms with van der Waals surface area (Å²) in [7, 11) is 0. The number of halogens is 1. The third-order valence-corrected chi connectivity index (χ3v) is 5.10. The normalized spacial score (nSPS) is 45.8. The molecule has 0 spiro atoms. The SMILES string of the molecule is Nc1noc(C2C3C4CCC(C4)C23)c1Cl. The molecule has 3 aliphatic carbocycles. The molecule has 1 aromatic rings. The number of nitrogen functional groups attached to an aromatic ring is 1. The number of anilines is 1. The minimum absolute atomic E-state index is 0.351. The van der Waals surface area contributed by atoms with Crippen molar-refractivity contribution in [1.29, 1.82) is 0 Å². The number of nitrogens with two attached hydrogens (primary N) is 1. The second-order valence-electron chi connectivity index (χ2n) is 5.26. The average Bonchev–Trinajstić information content (AvgIpc) is 2.60. The van der Waals surface area contributed by atoms with Crippen LogP contribution in [0.2, 0.25) is 5.02 Å². The van der Waals surface area contributed by atoms with Crippen LogP contribution in [0.1, 0.15) is 30.9 Å². The standard InChI is InChI=1S/C11H13ClN2O/c12-9-10(15-14-11(9)13)8-6-4-1-2-5(3-4)7(6)8/h4-8H,1-3H2,(H2,13,14). The van der Waals surface area contributed by atoms with Crippen LogP contribution in [0.25, 0.3) is 0 Å². The summed E-state index contributed by atoms with van der Waals surface area (Å²) in [6.45, 7) is 0. The van der Waals surface area contributed by atoms with Crippen molar-refractivity contribution in [2.75, 3.05) is 5.73 Å². The van der Waals surface area contributed by atoms with E-state index < -0.39 is 0 Å². The zero-order valence-corrected chi connectivity index (χ0v) is 9.07. The summed E-state index contributed by atoms with van der Waals surface area (Å²) in [5.41, 5.74) is 5.60. The Balaban J connectivity index is 1.70. The topological polar surface area (TPSA) is 52.0 Å². The highest BCUT2D eigenvalue weighted by molar-refractivity contribution is 6.33. The van der Waals surface area contributed by atoms with Crippen LogP contribution in [0, 0.1) is 23.7 Å². The highest BCUT2D eigenvalue weighted by Crippen LogP contribution is 2.73. The second kappa shape index (κ2) is 2.51. The van der Waals surface area contributed by atoms with Gasteiger partial charge in [0, 0.05) is 5.92 Å². The molecule has 4 atom stereocenters. The first-order valence-corrected chi connectivity index (χ1v) is 6.05. The van der Waals surface area contributed by atoms with E-state index in [9.17, 15) is 0 Å². The maximum Gasteiger partial charge on any atom is 0.186 e. The van der Waals surface area contributed by atoms with E-state index in [1.165, 1.54) is 19.3 Å². The van der Waals surface area contributed by atoms with E-state index in [0.29, 0.717) is 16.8 Å². The number of aromatic nitrogens is 1. The van der Waals surface area contributed by atoms with Gasteiger partial charge in [-0.3, -0.25) is 0 Å². The Labute approximate surface area is 92.9 Å². The lowest BCUT2D eigenvalue weighted by atomic mass is 10.0. The maximum absolute atomic E-state index is 6.09. The van der Waals surface area contributed by atoms with E-state index in [4.69, 9.17) is 21.9 Å². The summed E-state index contributed by atoms with van der Waals surface area (Å²) in [6, 6.07) is 0. The summed E-state index contributed by atoms with van der Waals surface area (Å²) < 4.78 is 5.27. The fourth-order valence-electron chi connectivity index (χ4n) is 4.19. The largest absolute Gasteiger partial charge is 0.380 e. The van der Waals surface area contributed by atoms with Gasteiger partial charge in [0.15, 0.2) is 11.6 Å². The third-order valence-electron chi connectivity index (χ3n) is 4.72. The van der Waals surface area contributed by atoms with Crippen molar-refractivity contribution in [2.45, 2.75) is 25.2 Å². The van der Waals surface area contributed by atoms with Gasteiger partial charge in [-0.15, -0.1) is 0 Å². The molecule has 0 saturated heterocycles. The van der Waals surface area contributed by atoms with Crippen LogP contribution in [0.3, 0.4) is 0 Å². The lowest BCUT2D eigenvalue weighted by Gasteiger charge is -2.05. The molecule has 2 N–H and O–H groups in total. The molecule has 2 bridgehead atoms. The van der Waals surface area contributed by atoms with Crippen LogP contribution >= 0.6 is 11.6 Å². The van der Waals surface area contributed by atoms with Crippen molar-refractivity contribution in [2.24, 2.45) is 23.7 Å². The van der Waals surface area contributed by atoms with Gasteiger partial charge in [-0.25, -0.2) is 0 Å². The molecule has 80 valence electrons. The summed E-state index contributed by atoms with van der Waals surface area (Å²) in [5.74, 6) is 5.25. The van der Waals surface area contributed by atoms with E-state index in [2.05, 4.69) is 5.16 Å². The summed E-state index contributed by atoms with van der Waals surface area (Å²) in [5, 5.41) is 4.31. The summed E-state index contributed by atoms with van der Waals surface area (Å²) in [6.07, 6.45) is 4.25. The van der Waals surface area contributed by atoms with E-state index in [-0.39, 0.29) is 0 Å². The summed E-state index contributed by atoms with van der Waals surface area (Å²) in [4.78, 5) is 0. The van der Waals surface area contributed by atoms with Gasteiger partial charge in [-0.05, 0) is 42.9 Å². The van der Waals surface area contributed by atoms with Gasteiger partial charge in [0.1, 0.15) is 5.02 Å². The molecule has 3 aliphatic rings. The van der Waals surface area contributed by atoms with Crippen molar-refractivity contribution >= 4 is 17.4 Å². The fourth-order valence-corrected chi connectivity index (χ4v) is 4.38. The minimum Gasteiger partial charge on any atom is -0.380 e. The van der Waals surface area contributed by atoms with Crippen molar-refractivity contribution in [3.05, 3.63) is 10.8 Å². The Hall–Kier alpha value is -0.700. The zero-order chi connectivity index (χ0) is 10.2. The van der Waals surface area contributed by atoms with Crippen LogP contribution in [0.5, 0.6) is 0 Å². The molecule has 4 unspecified atom stereocenters. The highest BCUT2D eigenvalue weighted by Gasteiger charge is 2.67. The molecular formula is C11H13ClN2O. The van der Waals surface area contributed by atoms with Crippen LogP contribution in [0.15, 0.2) is 4.52 Å². The first-order chi connectivity index (χ1) is 7.27. The Kier molecular flexibility index (Phi) is 1.42. The zero-order valence-electron chi connectivity index (χ0n) is 8.32. The van der Waals surface area contributed by atoms with Gasteiger partial charge >= 0.3 is 0 Å².